The average Bonchev–Trinajstić information content (AvgIpc) is 3.75. The van der Waals surface area contributed by atoms with Crippen LogP contribution in [0.3, 0.4) is 0 Å². The van der Waals surface area contributed by atoms with E-state index in [2.05, 4.69) is 43.9 Å². The zero-order chi connectivity index (χ0) is 35.5. The molecule has 3 aliphatic rings. The summed E-state index contributed by atoms with van der Waals surface area (Å²) >= 11 is 1.36. The third kappa shape index (κ3) is 6.10. The van der Waals surface area contributed by atoms with Gasteiger partial charge in [0, 0.05) is 25.4 Å². The highest BCUT2D eigenvalue weighted by Crippen LogP contribution is 2.52. The first kappa shape index (κ1) is 33.5. The predicted octanol–water partition coefficient (Wildman–Crippen LogP) is 6.24. The van der Waals surface area contributed by atoms with E-state index in [-0.39, 0.29) is 34.6 Å². The van der Waals surface area contributed by atoms with Crippen LogP contribution in [0.4, 0.5) is 5.82 Å². The Kier molecular flexibility index (Phi) is 8.47. The van der Waals surface area contributed by atoms with Crippen molar-refractivity contribution in [3.05, 3.63) is 101 Å². The minimum atomic E-state index is -1.18. The number of fused-ring (bicyclic) bond motifs is 3. The number of aromatic nitrogens is 4. The van der Waals surface area contributed by atoms with Gasteiger partial charge in [0.15, 0.2) is 5.65 Å². The Bertz CT molecular complexity index is 2170. The van der Waals surface area contributed by atoms with Gasteiger partial charge in [-0.15, -0.1) is 0 Å². The second-order valence-electron chi connectivity index (χ2n) is 14.4. The van der Waals surface area contributed by atoms with Crippen LogP contribution in [0.25, 0.3) is 11.2 Å². The van der Waals surface area contributed by atoms with Crippen molar-refractivity contribution >= 4 is 51.5 Å². The number of hydrogen-bond donors (Lipinski definition) is 2. The van der Waals surface area contributed by atoms with Gasteiger partial charge >= 0.3 is 0 Å². The Morgan fingerprint density at radius 1 is 1.00 bits per heavy atom. The number of nitrogens with zero attached hydrogens (tertiary/aromatic N) is 5. The van der Waals surface area contributed by atoms with Crippen LogP contribution in [0, 0.1) is 5.41 Å². The Labute approximate surface area is 303 Å². The molecular formula is C38H39N7O4S2. The van der Waals surface area contributed by atoms with E-state index in [4.69, 9.17) is 14.7 Å². The molecule has 2 aliphatic heterocycles. The fourth-order valence-electron chi connectivity index (χ4n) is 7.47. The number of piperidine rings is 1. The summed E-state index contributed by atoms with van der Waals surface area (Å²) in [4.78, 5) is 47.8. The first-order valence-corrected chi connectivity index (χ1v) is 19.0. The standard InChI is InChI=1S/C38H39N7O4S2/c1-37(2,3)51(48)43-32-25-10-6-5-9-24(25)19-38(32)13-15-44(16-14-38)30-18-28-33(42-30)39-21-31(41-28)50-29-17-23(20-40-34(29)49-4)22-45-35(46)26-11-7-8-12-27(26)36(45)47/h5-12,17-18,20-21,32,43H,13-16,19,22H2,1-4H3,(H,39,42)/t32-,51-/m1/s1. The van der Waals surface area contributed by atoms with Crippen molar-refractivity contribution in [3.8, 4) is 5.88 Å². The summed E-state index contributed by atoms with van der Waals surface area (Å²) in [5.41, 5.74) is 5.58. The Morgan fingerprint density at radius 2 is 1.71 bits per heavy atom. The lowest BCUT2D eigenvalue weighted by Gasteiger charge is -2.44. The lowest BCUT2D eigenvalue weighted by molar-refractivity contribution is 0.0642. The molecule has 2 aromatic carbocycles. The van der Waals surface area contributed by atoms with Gasteiger partial charge in [-0.3, -0.25) is 14.5 Å². The van der Waals surface area contributed by atoms with Gasteiger partial charge in [-0.1, -0.05) is 48.2 Å². The summed E-state index contributed by atoms with van der Waals surface area (Å²) in [5, 5.41) is 0.660. The number of aromatic amines is 1. The summed E-state index contributed by atoms with van der Waals surface area (Å²) in [6.07, 6.45) is 6.24. The summed E-state index contributed by atoms with van der Waals surface area (Å²) in [7, 11) is 0.375. The number of hydrogen-bond acceptors (Lipinski definition) is 9. The Morgan fingerprint density at radius 3 is 2.41 bits per heavy atom. The molecule has 0 saturated carbocycles. The number of anilines is 1. The monoisotopic (exact) mass is 721 g/mol. The fraction of sp³-hybridized carbons (Fsp3) is 0.342. The minimum absolute atomic E-state index is 0.00557. The zero-order valence-corrected chi connectivity index (χ0v) is 30.6. The highest BCUT2D eigenvalue weighted by Gasteiger charge is 2.49. The molecule has 0 radical (unpaired) electrons. The summed E-state index contributed by atoms with van der Waals surface area (Å²) < 4.78 is 22.0. The highest BCUT2D eigenvalue weighted by atomic mass is 32.2. The smallest absolute Gasteiger partial charge is 0.261 e. The highest BCUT2D eigenvalue weighted by molar-refractivity contribution is 7.99. The van der Waals surface area contributed by atoms with Crippen molar-refractivity contribution < 1.29 is 18.5 Å². The van der Waals surface area contributed by atoms with Crippen molar-refractivity contribution in [2.45, 2.75) is 67.3 Å². The van der Waals surface area contributed by atoms with Gasteiger partial charge in [0.05, 0.1) is 57.6 Å². The molecule has 2 N–H and O–H groups in total. The second-order valence-corrected chi connectivity index (χ2v) is 17.5. The molecule has 0 bridgehead atoms. The number of ether oxygens (including phenoxy) is 1. The van der Waals surface area contributed by atoms with E-state index in [0.29, 0.717) is 38.1 Å². The van der Waals surface area contributed by atoms with Gasteiger partial charge in [0.25, 0.3) is 11.8 Å². The molecule has 262 valence electrons. The van der Waals surface area contributed by atoms with Crippen molar-refractivity contribution in [1.82, 2.24) is 29.6 Å². The SMILES string of the molecule is COc1ncc(CN2C(=O)c3ccccc3C2=O)cc1Sc1cnc2[nH]c(N3CCC4(CC3)Cc3ccccc3[C@H]4N[S@](=O)C(C)(C)C)cc2n1. The molecule has 0 unspecified atom stereocenters. The topological polar surface area (TPSA) is 133 Å². The van der Waals surface area contributed by atoms with E-state index >= 15 is 0 Å². The minimum Gasteiger partial charge on any atom is -0.480 e. The molecule has 5 aromatic rings. The number of nitrogens with one attached hydrogen (secondary N) is 2. The number of imide groups is 1. The molecule has 8 rings (SSSR count). The van der Waals surface area contributed by atoms with Crippen LogP contribution in [-0.2, 0) is 24.0 Å². The van der Waals surface area contributed by atoms with Gasteiger partial charge in [-0.2, -0.15) is 0 Å². The third-order valence-electron chi connectivity index (χ3n) is 10.2. The van der Waals surface area contributed by atoms with E-state index in [1.54, 1.807) is 43.8 Å². The maximum atomic E-state index is 13.3. The molecule has 5 heterocycles. The van der Waals surface area contributed by atoms with Crippen LogP contribution in [0.5, 0.6) is 5.88 Å². The molecule has 2 atom stereocenters. The van der Waals surface area contributed by atoms with E-state index in [1.165, 1.54) is 27.8 Å². The first-order chi connectivity index (χ1) is 24.5. The van der Waals surface area contributed by atoms with Crippen LogP contribution in [0.1, 0.15) is 77.1 Å². The largest absolute Gasteiger partial charge is 0.480 e. The van der Waals surface area contributed by atoms with E-state index in [1.807, 2.05) is 32.9 Å². The quantitative estimate of drug-likeness (QED) is 0.179. The Balaban J connectivity index is 0.979. The molecule has 51 heavy (non-hydrogen) atoms. The number of H-pyrrole nitrogens is 1. The van der Waals surface area contributed by atoms with Crippen molar-refractivity contribution in [2.75, 3.05) is 25.1 Å². The molecule has 3 aromatic heterocycles. The summed E-state index contributed by atoms with van der Waals surface area (Å²) in [6, 6.07) is 19.4. The first-order valence-electron chi connectivity index (χ1n) is 17.1. The average molecular weight is 722 g/mol. The van der Waals surface area contributed by atoms with Crippen LogP contribution in [-0.4, -0.2) is 65.8 Å². The fourth-order valence-corrected chi connectivity index (χ4v) is 9.32. The number of pyridine rings is 1. The number of benzene rings is 2. The Hall–Kier alpha value is -4.59. The summed E-state index contributed by atoms with van der Waals surface area (Å²) in [5.74, 6) is 0.761. The number of amides is 2. The molecule has 13 heteroatoms. The summed E-state index contributed by atoms with van der Waals surface area (Å²) in [6.45, 7) is 7.84. The van der Waals surface area contributed by atoms with Crippen molar-refractivity contribution in [2.24, 2.45) is 5.41 Å². The molecule has 1 fully saturated rings. The number of carbonyl (C=O) groups is 2. The zero-order valence-electron chi connectivity index (χ0n) is 28.9. The van der Waals surface area contributed by atoms with Gasteiger partial charge in [0.1, 0.15) is 16.4 Å². The van der Waals surface area contributed by atoms with Crippen molar-refractivity contribution in [1.29, 1.82) is 0 Å². The van der Waals surface area contributed by atoms with E-state index in [9.17, 15) is 13.8 Å². The van der Waals surface area contributed by atoms with Gasteiger partial charge in [-0.25, -0.2) is 23.9 Å². The molecule has 2 amide bonds. The molecule has 1 saturated heterocycles. The lowest BCUT2D eigenvalue weighted by atomic mass is 9.73. The predicted molar refractivity (Wildman–Crippen MR) is 197 cm³/mol. The van der Waals surface area contributed by atoms with E-state index in [0.717, 1.165) is 43.7 Å². The number of methoxy groups -OCH3 is 1. The van der Waals surface area contributed by atoms with Crippen LogP contribution >= 0.6 is 11.8 Å². The molecular weight excluding hydrogens is 683 g/mol. The lowest BCUT2D eigenvalue weighted by Crippen LogP contribution is -2.48. The molecule has 1 spiro atoms. The van der Waals surface area contributed by atoms with E-state index < -0.39 is 11.0 Å². The van der Waals surface area contributed by atoms with Gasteiger partial charge in [0.2, 0.25) is 5.88 Å². The van der Waals surface area contributed by atoms with Crippen LogP contribution in [0.15, 0.2) is 83.0 Å². The van der Waals surface area contributed by atoms with Crippen LogP contribution < -0.4 is 14.4 Å². The number of rotatable bonds is 8. The maximum Gasteiger partial charge on any atom is 0.261 e. The molecule has 1 aliphatic carbocycles. The number of carbonyl (C=O) groups excluding carboxylic acids is 2. The van der Waals surface area contributed by atoms with Gasteiger partial charge in [-0.05, 0) is 80.3 Å². The normalized spacial score (nSPS) is 18.8. The second kappa shape index (κ2) is 12.9. The van der Waals surface area contributed by atoms with Crippen LogP contribution in [0.2, 0.25) is 0 Å². The maximum absolute atomic E-state index is 13.3. The van der Waals surface area contributed by atoms with Crippen molar-refractivity contribution in [3.63, 3.8) is 0 Å². The molecule has 11 nitrogen and oxygen atoms in total. The third-order valence-corrected chi connectivity index (χ3v) is 12.7. The van der Waals surface area contributed by atoms with Gasteiger partial charge < -0.3 is 14.6 Å².